The summed E-state index contributed by atoms with van der Waals surface area (Å²) in [5.74, 6) is -0.0846. The van der Waals surface area contributed by atoms with E-state index < -0.39 is 18.2 Å². The first kappa shape index (κ1) is 20.4. The number of carboxylic acids is 1. The number of rotatable bonds is 4. The van der Waals surface area contributed by atoms with Gasteiger partial charge in [0.2, 0.25) is 5.91 Å². The number of nitrogens with zero attached hydrogens (tertiary/aromatic N) is 1. The average Bonchev–Trinajstić information content (AvgIpc) is 2.66. The summed E-state index contributed by atoms with van der Waals surface area (Å²) in [4.78, 5) is 24.7. The summed E-state index contributed by atoms with van der Waals surface area (Å²) in [5, 5.41) is 9.32. The molecule has 1 aromatic rings. The van der Waals surface area contributed by atoms with Gasteiger partial charge in [-0.3, -0.25) is 4.79 Å². The van der Waals surface area contributed by atoms with Crippen LogP contribution in [0.1, 0.15) is 38.4 Å². The molecule has 3 aliphatic rings. The highest BCUT2D eigenvalue weighted by Crippen LogP contribution is 2.53. The number of aliphatic carboxylic acids is 1. The Labute approximate surface area is 174 Å². The molecule has 8 heteroatoms. The SMILES string of the molecule is CC1(C)Oc2ccc(Cl)cc2[C@@H]2O[C@@H]3CCN(C(=O)COCC(=O)O)C[C@@H]3C[C@H]21. The first-order chi connectivity index (χ1) is 13.7. The van der Waals surface area contributed by atoms with Crippen LogP contribution in [-0.2, 0) is 19.1 Å². The van der Waals surface area contributed by atoms with Crippen molar-refractivity contribution in [3.8, 4) is 5.75 Å². The lowest BCUT2D eigenvalue weighted by Crippen LogP contribution is -2.56. The molecule has 1 N–H and O–H groups in total. The van der Waals surface area contributed by atoms with Crippen LogP contribution in [0.25, 0.3) is 0 Å². The van der Waals surface area contributed by atoms with E-state index in [-0.39, 0.29) is 36.6 Å². The maximum atomic E-state index is 12.4. The highest BCUT2D eigenvalue weighted by molar-refractivity contribution is 6.30. The van der Waals surface area contributed by atoms with Gasteiger partial charge >= 0.3 is 5.97 Å². The van der Waals surface area contributed by atoms with Crippen molar-refractivity contribution in [3.05, 3.63) is 28.8 Å². The van der Waals surface area contributed by atoms with Crippen molar-refractivity contribution in [1.29, 1.82) is 0 Å². The van der Waals surface area contributed by atoms with Gasteiger partial charge in [-0.2, -0.15) is 0 Å². The van der Waals surface area contributed by atoms with E-state index in [2.05, 4.69) is 13.8 Å². The molecule has 1 amide bonds. The van der Waals surface area contributed by atoms with Crippen molar-refractivity contribution >= 4 is 23.5 Å². The number of carbonyl (C=O) groups excluding carboxylic acids is 1. The van der Waals surface area contributed by atoms with E-state index in [9.17, 15) is 9.59 Å². The van der Waals surface area contributed by atoms with Crippen LogP contribution >= 0.6 is 11.6 Å². The normalized spacial score (nSPS) is 29.8. The molecule has 2 fully saturated rings. The van der Waals surface area contributed by atoms with Gasteiger partial charge in [0.05, 0.1) is 12.2 Å². The van der Waals surface area contributed by atoms with Crippen LogP contribution in [0.3, 0.4) is 0 Å². The molecule has 0 radical (unpaired) electrons. The second-order valence-corrected chi connectivity index (χ2v) is 9.04. The van der Waals surface area contributed by atoms with Gasteiger partial charge in [0, 0.05) is 35.5 Å². The van der Waals surface area contributed by atoms with Crippen molar-refractivity contribution < 1.29 is 28.9 Å². The zero-order chi connectivity index (χ0) is 20.8. The number of likely N-dealkylation sites (tertiary alicyclic amines) is 1. The zero-order valence-corrected chi connectivity index (χ0v) is 17.4. The van der Waals surface area contributed by atoms with E-state index in [1.54, 1.807) is 4.90 Å². The minimum absolute atomic E-state index is 0.0703. The number of halogens is 1. The Bertz CT molecular complexity index is 812. The van der Waals surface area contributed by atoms with Gasteiger partial charge in [0.25, 0.3) is 0 Å². The number of hydrogen-bond acceptors (Lipinski definition) is 5. The first-order valence-corrected chi connectivity index (χ1v) is 10.3. The van der Waals surface area contributed by atoms with Gasteiger partial charge in [-0.15, -0.1) is 0 Å². The van der Waals surface area contributed by atoms with Crippen LogP contribution in [0.2, 0.25) is 5.02 Å². The Morgan fingerprint density at radius 2 is 2.14 bits per heavy atom. The second-order valence-electron chi connectivity index (χ2n) is 8.60. The fourth-order valence-corrected chi connectivity index (χ4v) is 5.01. The summed E-state index contributed by atoms with van der Waals surface area (Å²) >= 11 is 6.23. The Hall–Kier alpha value is -1.83. The highest BCUT2D eigenvalue weighted by atomic mass is 35.5. The highest BCUT2D eigenvalue weighted by Gasteiger charge is 2.51. The van der Waals surface area contributed by atoms with Gasteiger partial charge in [-0.1, -0.05) is 11.6 Å². The standard InChI is InChI=1S/C21H26ClNO6/c1-21(2)15-7-12-9-23(18(24)10-27-11-19(25)26)6-5-16(12)28-20(15)14-8-13(22)3-4-17(14)29-21/h3-4,8,12,15-16,20H,5-7,9-11H2,1-2H3,(H,25,26)/t12-,15+,16+,20-/m0/s1. The molecule has 3 heterocycles. The number of benzene rings is 1. The molecule has 0 unspecified atom stereocenters. The predicted octanol–water partition coefficient (Wildman–Crippen LogP) is 2.91. The molecule has 0 bridgehead atoms. The maximum absolute atomic E-state index is 12.4. The second kappa shape index (κ2) is 7.78. The quantitative estimate of drug-likeness (QED) is 0.801. The third-order valence-corrected chi connectivity index (χ3v) is 6.49. The number of carboxylic acid groups (broad SMARTS) is 1. The number of hydrogen-bond donors (Lipinski definition) is 1. The summed E-state index contributed by atoms with van der Waals surface area (Å²) in [6.45, 7) is 4.65. The topological polar surface area (TPSA) is 85.3 Å². The maximum Gasteiger partial charge on any atom is 0.329 e. The number of amides is 1. The van der Waals surface area contributed by atoms with Gasteiger partial charge in [-0.05, 0) is 44.9 Å². The molecule has 7 nitrogen and oxygen atoms in total. The number of piperidine rings is 1. The minimum atomic E-state index is -1.08. The molecule has 4 atom stereocenters. The van der Waals surface area contributed by atoms with E-state index >= 15 is 0 Å². The van der Waals surface area contributed by atoms with Crippen LogP contribution in [0, 0.1) is 11.8 Å². The van der Waals surface area contributed by atoms with E-state index in [1.165, 1.54) is 0 Å². The smallest absolute Gasteiger partial charge is 0.329 e. The Morgan fingerprint density at radius 3 is 2.90 bits per heavy atom. The lowest BCUT2D eigenvalue weighted by atomic mass is 9.70. The van der Waals surface area contributed by atoms with E-state index in [0.29, 0.717) is 18.1 Å². The molecule has 3 aliphatic heterocycles. The van der Waals surface area contributed by atoms with Crippen molar-refractivity contribution in [2.75, 3.05) is 26.3 Å². The first-order valence-electron chi connectivity index (χ1n) is 9.96. The van der Waals surface area contributed by atoms with Crippen molar-refractivity contribution in [2.45, 2.75) is 44.5 Å². The third kappa shape index (κ3) is 4.09. The number of ether oxygens (including phenoxy) is 3. The van der Waals surface area contributed by atoms with Gasteiger partial charge in [0.15, 0.2) is 0 Å². The van der Waals surface area contributed by atoms with Crippen molar-refractivity contribution in [2.24, 2.45) is 11.8 Å². The Kier molecular flexibility index (Phi) is 5.48. The van der Waals surface area contributed by atoms with Crippen LogP contribution in [-0.4, -0.2) is 59.9 Å². The molecule has 0 aromatic heterocycles. The fraction of sp³-hybridized carbons (Fsp3) is 0.619. The molecule has 4 rings (SSSR count). The van der Waals surface area contributed by atoms with Crippen LogP contribution in [0.15, 0.2) is 18.2 Å². The summed E-state index contributed by atoms with van der Waals surface area (Å²) in [5.41, 5.74) is 0.605. The van der Waals surface area contributed by atoms with Crippen molar-refractivity contribution in [1.82, 2.24) is 4.90 Å². The molecule has 0 aliphatic carbocycles. The third-order valence-electron chi connectivity index (χ3n) is 6.26. The van der Waals surface area contributed by atoms with Gasteiger partial charge in [-0.25, -0.2) is 4.79 Å². The average molecular weight is 424 g/mol. The molecule has 0 saturated carbocycles. The lowest BCUT2D eigenvalue weighted by Gasteiger charge is -2.53. The predicted molar refractivity (Wildman–Crippen MR) is 105 cm³/mol. The summed E-state index contributed by atoms with van der Waals surface area (Å²) < 4.78 is 17.8. The Balaban J connectivity index is 1.47. The minimum Gasteiger partial charge on any atom is -0.487 e. The van der Waals surface area contributed by atoms with Crippen molar-refractivity contribution in [3.63, 3.8) is 0 Å². The molecule has 1 aromatic carbocycles. The molecular weight excluding hydrogens is 398 g/mol. The van der Waals surface area contributed by atoms with Crippen LogP contribution < -0.4 is 4.74 Å². The molecule has 29 heavy (non-hydrogen) atoms. The van der Waals surface area contributed by atoms with Crippen LogP contribution in [0.5, 0.6) is 5.75 Å². The van der Waals surface area contributed by atoms with E-state index in [1.807, 2.05) is 18.2 Å². The van der Waals surface area contributed by atoms with Gasteiger partial charge in [0.1, 0.15) is 24.6 Å². The monoisotopic (exact) mass is 423 g/mol. The summed E-state index contributed by atoms with van der Waals surface area (Å²) in [6, 6.07) is 5.67. The Morgan fingerprint density at radius 1 is 1.34 bits per heavy atom. The fourth-order valence-electron chi connectivity index (χ4n) is 4.82. The number of carbonyl (C=O) groups is 2. The molecule has 0 spiro atoms. The molecule has 2 saturated heterocycles. The largest absolute Gasteiger partial charge is 0.487 e. The summed E-state index contributed by atoms with van der Waals surface area (Å²) in [6.07, 6.45) is 1.62. The van der Waals surface area contributed by atoms with E-state index in [0.717, 1.165) is 24.2 Å². The van der Waals surface area contributed by atoms with Gasteiger partial charge < -0.3 is 24.2 Å². The molecular formula is C21H26ClNO6. The van der Waals surface area contributed by atoms with Crippen LogP contribution in [0.4, 0.5) is 0 Å². The zero-order valence-electron chi connectivity index (χ0n) is 16.6. The lowest BCUT2D eigenvalue weighted by molar-refractivity contribution is -0.189. The molecule has 158 valence electrons. The summed E-state index contributed by atoms with van der Waals surface area (Å²) in [7, 11) is 0. The number of fused-ring (bicyclic) bond motifs is 4. The van der Waals surface area contributed by atoms with E-state index in [4.69, 9.17) is 30.9 Å².